The number of benzene rings is 2. The molecule has 0 aliphatic carbocycles. The molecule has 0 aliphatic rings. The van der Waals surface area contributed by atoms with Crippen molar-refractivity contribution in [2.45, 2.75) is 0 Å². The van der Waals surface area contributed by atoms with E-state index in [1.54, 1.807) is 11.9 Å². The number of rotatable bonds is 2. The number of nitrogen functional groups attached to an aromatic ring is 1. The van der Waals surface area contributed by atoms with Crippen molar-refractivity contribution in [1.82, 2.24) is 4.98 Å². The highest BCUT2D eigenvalue weighted by Crippen LogP contribution is 2.28. The quantitative estimate of drug-likeness (QED) is 0.786. The molecule has 20 heavy (non-hydrogen) atoms. The van der Waals surface area contributed by atoms with E-state index in [0.717, 1.165) is 15.9 Å². The van der Waals surface area contributed by atoms with Crippen LogP contribution in [0.1, 0.15) is 10.4 Å². The fraction of sp³-hybridized carbons (Fsp3) is 0.0667. The summed E-state index contributed by atoms with van der Waals surface area (Å²) in [5, 5.41) is 0.536. The first-order valence-electron chi connectivity index (χ1n) is 6.14. The third-order valence-corrected chi connectivity index (χ3v) is 3.95. The molecule has 0 aliphatic heterocycles. The predicted octanol–water partition coefficient (Wildman–Crippen LogP) is 3.16. The van der Waals surface area contributed by atoms with Crippen molar-refractivity contribution < 1.29 is 4.79 Å². The van der Waals surface area contributed by atoms with Crippen LogP contribution in [-0.4, -0.2) is 17.9 Å². The van der Waals surface area contributed by atoms with E-state index in [1.165, 1.54) is 11.3 Å². The molecule has 0 bridgehead atoms. The Hall–Kier alpha value is -2.40. The topological polar surface area (TPSA) is 59.2 Å². The number of thiazole rings is 1. The van der Waals surface area contributed by atoms with Gasteiger partial charge in [-0.1, -0.05) is 29.5 Å². The van der Waals surface area contributed by atoms with Gasteiger partial charge in [0.1, 0.15) is 0 Å². The number of anilines is 2. The first kappa shape index (κ1) is 12.6. The molecule has 3 aromatic rings. The van der Waals surface area contributed by atoms with Crippen molar-refractivity contribution >= 4 is 38.3 Å². The van der Waals surface area contributed by atoms with Gasteiger partial charge in [-0.25, -0.2) is 4.98 Å². The Morgan fingerprint density at radius 1 is 1.20 bits per heavy atom. The minimum Gasteiger partial charge on any atom is -0.375 e. The molecule has 0 fully saturated rings. The maximum absolute atomic E-state index is 12.4. The van der Waals surface area contributed by atoms with E-state index in [2.05, 4.69) is 4.98 Å². The molecule has 100 valence electrons. The van der Waals surface area contributed by atoms with Crippen LogP contribution in [-0.2, 0) is 0 Å². The summed E-state index contributed by atoms with van der Waals surface area (Å²) in [5.74, 6) is -0.0394. The van der Waals surface area contributed by atoms with E-state index in [-0.39, 0.29) is 5.91 Å². The minimum atomic E-state index is -0.0394. The summed E-state index contributed by atoms with van der Waals surface area (Å²) < 4.78 is 0.979. The molecule has 0 spiro atoms. The van der Waals surface area contributed by atoms with Crippen LogP contribution in [0.5, 0.6) is 0 Å². The smallest absolute Gasteiger partial charge is 0.258 e. The average Bonchev–Trinajstić information content (AvgIpc) is 2.85. The molecule has 5 heteroatoms. The summed E-state index contributed by atoms with van der Waals surface area (Å²) >= 11 is 1.42. The molecule has 0 saturated heterocycles. The third kappa shape index (κ3) is 2.23. The Morgan fingerprint density at radius 3 is 2.70 bits per heavy atom. The summed E-state index contributed by atoms with van der Waals surface area (Å²) in [7, 11) is 1.76. The zero-order valence-corrected chi connectivity index (χ0v) is 11.7. The minimum absolute atomic E-state index is 0.0394. The van der Waals surface area contributed by atoms with Crippen molar-refractivity contribution in [1.29, 1.82) is 0 Å². The van der Waals surface area contributed by atoms with Crippen molar-refractivity contribution in [3.05, 3.63) is 54.1 Å². The number of fused-ring (bicyclic) bond motifs is 1. The maximum atomic E-state index is 12.4. The van der Waals surface area contributed by atoms with E-state index in [9.17, 15) is 4.79 Å². The molecule has 0 radical (unpaired) electrons. The van der Waals surface area contributed by atoms with Crippen LogP contribution in [0.25, 0.3) is 10.2 Å². The molecule has 1 aromatic heterocycles. The van der Waals surface area contributed by atoms with E-state index in [1.807, 2.05) is 48.5 Å². The van der Waals surface area contributed by atoms with Gasteiger partial charge < -0.3 is 10.6 Å². The molecule has 1 heterocycles. The summed E-state index contributed by atoms with van der Waals surface area (Å²) in [4.78, 5) is 18.2. The molecule has 2 aromatic carbocycles. The highest BCUT2D eigenvalue weighted by atomic mass is 32.1. The number of carbonyl (C=O) groups excluding carboxylic acids is 1. The highest BCUT2D eigenvalue weighted by molar-refractivity contribution is 7.22. The van der Waals surface area contributed by atoms with Crippen molar-refractivity contribution in [3.8, 4) is 0 Å². The number of amides is 1. The Labute approximate surface area is 120 Å². The fourth-order valence-electron chi connectivity index (χ4n) is 2.03. The fourth-order valence-corrected chi connectivity index (χ4v) is 2.80. The normalized spacial score (nSPS) is 10.7. The van der Waals surface area contributed by atoms with Crippen molar-refractivity contribution in [2.24, 2.45) is 0 Å². The number of nitrogens with two attached hydrogens (primary N) is 1. The maximum Gasteiger partial charge on any atom is 0.258 e. The lowest BCUT2D eigenvalue weighted by molar-refractivity contribution is 0.0993. The number of aromatic nitrogens is 1. The van der Waals surface area contributed by atoms with Crippen LogP contribution < -0.4 is 10.6 Å². The number of nitrogens with zero attached hydrogens (tertiary/aromatic N) is 2. The Kier molecular flexibility index (Phi) is 3.12. The summed E-state index contributed by atoms with van der Waals surface area (Å²) in [6.07, 6.45) is 0. The van der Waals surface area contributed by atoms with Gasteiger partial charge in [-0.3, -0.25) is 4.79 Å². The second-order valence-electron chi connectivity index (χ2n) is 4.43. The lowest BCUT2D eigenvalue weighted by Crippen LogP contribution is -2.25. The van der Waals surface area contributed by atoms with Crippen LogP contribution >= 0.6 is 11.3 Å². The van der Waals surface area contributed by atoms with Crippen LogP contribution in [0.2, 0.25) is 0 Å². The van der Waals surface area contributed by atoms with E-state index < -0.39 is 0 Å². The monoisotopic (exact) mass is 283 g/mol. The van der Waals surface area contributed by atoms with Crippen molar-refractivity contribution in [3.63, 3.8) is 0 Å². The average molecular weight is 283 g/mol. The summed E-state index contributed by atoms with van der Waals surface area (Å²) in [6, 6.07) is 14.9. The standard InChI is InChI=1S/C15H13N3OS/c1-18(14(19)10-5-3-2-4-6-10)11-7-8-12-13(9-11)20-15(16)17-12/h2-9H,1H3,(H2,16,17). The first-order chi connectivity index (χ1) is 9.65. The van der Waals surface area contributed by atoms with E-state index in [4.69, 9.17) is 5.73 Å². The second-order valence-corrected chi connectivity index (χ2v) is 5.50. The Bertz CT molecular complexity index is 767. The SMILES string of the molecule is CN(C(=O)c1ccccc1)c1ccc2nc(N)sc2c1. The lowest BCUT2D eigenvalue weighted by Gasteiger charge is -2.17. The molecule has 4 nitrogen and oxygen atoms in total. The van der Waals surface area contributed by atoms with Crippen LogP contribution in [0.15, 0.2) is 48.5 Å². The summed E-state index contributed by atoms with van der Waals surface area (Å²) in [6.45, 7) is 0. The molecular weight excluding hydrogens is 270 g/mol. The van der Waals surface area contributed by atoms with Crippen LogP contribution in [0.3, 0.4) is 0 Å². The Balaban J connectivity index is 1.95. The van der Waals surface area contributed by atoms with Gasteiger partial charge in [-0.05, 0) is 30.3 Å². The molecule has 2 N–H and O–H groups in total. The van der Waals surface area contributed by atoms with Gasteiger partial charge in [0.15, 0.2) is 5.13 Å². The van der Waals surface area contributed by atoms with Crippen LogP contribution in [0, 0.1) is 0 Å². The Morgan fingerprint density at radius 2 is 1.95 bits per heavy atom. The molecule has 3 rings (SSSR count). The van der Waals surface area contributed by atoms with Gasteiger partial charge in [-0.2, -0.15) is 0 Å². The largest absolute Gasteiger partial charge is 0.375 e. The number of carbonyl (C=O) groups is 1. The van der Waals surface area contributed by atoms with Gasteiger partial charge in [0.2, 0.25) is 0 Å². The molecule has 0 saturated carbocycles. The number of hydrogen-bond donors (Lipinski definition) is 1. The molecular formula is C15H13N3OS. The summed E-state index contributed by atoms with van der Waals surface area (Å²) in [5.41, 5.74) is 8.05. The number of hydrogen-bond acceptors (Lipinski definition) is 4. The first-order valence-corrected chi connectivity index (χ1v) is 6.96. The van der Waals surface area contributed by atoms with E-state index in [0.29, 0.717) is 10.7 Å². The van der Waals surface area contributed by atoms with Gasteiger partial charge in [0, 0.05) is 18.3 Å². The molecule has 0 atom stereocenters. The zero-order chi connectivity index (χ0) is 14.1. The van der Waals surface area contributed by atoms with Gasteiger partial charge in [0.25, 0.3) is 5.91 Å². The lowest BCUT2D eigenvalue weighted by atomic mass is 10.2. The predicted molar refractivity (Wildman–Crippen MR) is 83.2 cm³/mol. The molecule has 1 amide bonds. The second kappa shape index (κ2) is 4.94. The molecule has 0 unspecified atom stereocenters. The van der Waals surface area contributed by atoms with E-state index >= 15 is 0 Å². The van der Waals surface area contributed by atoms with Gasteiger partial charge in [-0.15, -0.1) is 0 Å². The van der Waals surface area contributed by atoms with Crippen molar-refractivity contribution in [2.75, 3.05) is 17.7 Å². The van der Waals surface area contributed by atoms with Crippen LogP contribution in [0.4, 0.5) is 10.8 Å². The highest BCUT2D eigenvalue weighted by Gasteiger charge is 2.14. The zero-order valence-electron chi connectivity index (χ0n) is 10.9. The third-order valence-electron chi connectivity index (χ3n) is 3.10. The van der Waals surface area contributed by atoms with Gasteiger partial charge >= 0.3 is 0 Å². The van der Waals surface area contributed by atoms with Gasteiger partial charge in [0.05, 0.1) is 10.2 Å².